The molecular formula is C16H8F8N2O8S4. The van der Waals surface area contributed by atoms with E-state index in [1.54, 1.807) is 0 Å². The van der Waals surface area contributed by atoms with Gasteiger partial charge in [-0.05, 0) is 45.9 Å². The third kappa shape index (κ3) is 5.66. The summed E-state index contributed by atoms with van der Waals surface area (Å²) in [5.41, 5.74) is -2.43. The lowest BCUT2D eigenvalue weighted by atomic mass is 10.3. The highest BCUT2D eigenvalue weighted by Crippen LogP contribution is 2.47. The maximum Gasteiger partial charge on any atom is 0.408 e. The molecule has 2 aromatic rings. The Hall–Kier alpha value is -2.72. The molecule has 2 aromatic carbocycles. The predicted octanol–water partition coefficient (Wildman–Crippen LogP) is 5.57. The SMILES string of the molecule is O=[N+]([O-])c1cc(S(=O)(=O)C(F)(F)C(F)F)ccc1SSc1ccc(S(=O)(=O)C(F)(F)C(F)F)cc1[N+](=O)[O-]. The Balaban J connectivity index is 2.49. The molecule has 210 valence electrons. The number of rotatable bonds is 11. The van der Waals surface area contributed by atoms with Gasteiger partial charge in [-0.3, -0.25) is 20.2 Å². The van der Waals surface area contributed by atoms with Crippen LogP contribution in [0.5, 0.6) is 0 Å². The molecule has 38 heavy (non-hydrogen) atoms. The van der Waals surface area contributed by atoms with Gasteiger partial charge in [0.15, 0.2) is 0 Å². The second kappa shape index (κ2) is 10.8. The number of nitro groups is 2. The van der Waals surface area contributed by atoms with Crippen LogP contribution in [0.2, 0.25) is 0 Å². The molecule has 2 rings (SSSR count). The van der Waals surface area contributed by atoms with Crippen LogP contribution in [0.25, 0.3) is 0 Å². The van der Waals surface area contributed by atoms with Crippen LogP contribution in [0.3, 0.4) is 0 Å². The molecular weight excluding hydrogens is 628 g/mol. The minimum absolute atomic E-state index is 0.0328. The van der Waals surface area contributed by atoms with Gasteiger partial charge in [0.25, 0.3) is 11.4 Å². The fourth-order valence-electron chi connectivity index (χ4n) is 2.39. The molecule has 0 amide bonds. The van der Waals surface area contributed by atoms with Crippen molar-refractivity contribution in [2.45, 2.75) is 42.9 Å². The Morgan fingerprint density at radius 2 is 0.947 bits per heavy atom. The van der Waals surface area contributed by atoms with Gasteiger partial charge in [-0.2, -0.15) is 17.6 Å². The van der Waals surface area contributed by atoms with Gasteiger partial charge in [-0.1, -0.05) is 0 Å². The molecule has 0 atom stereocenters. The first-order valence-corrected chi connectivity index (χ1v) is 14.0. The van der Waals surface area contributed by atoms with Crippen LogP contribution in [0, 0.1) is 20.2 Å². The van der Waals surface area contributed by atoms with Crippen molar-refractivity contribution >= 4 is 52.6 Å². The quantitative estimate of drug-likeness (QED) is 0.132. The zero-order valence-electron chi connectivity index (χ0n) is 17.4. The van der Waals surface area contributed by atoms with Crippen molar-refractivity contribution in [1.29, 1.82) is 0 Å². The Morgan fingerprint density at radius 1 is 0.658 bits per heavy atom. The number of alkyl halides is 8. The zero-order valence-corrected chi connectivity index (χ0v) is 20.7. The Labute approximate surface area is 213 Å². The highest BCUT2D eigenvalue weighted by atomic mass is 33.1. The summed E-state index contributed by atoms with van der Waals surface area (Å²) < 4.78 is 151. The molecule has 0 unspecified atom stereocenters. The molecule has 0 spiro atoms. The van der Waals surface area contributed by atoms with E-state index in [0.717, 1.165) is 0 Å². The Morgan fingerprint density at radius 3 is 1.18 bits per heavy atom. The molecule has 0 saturated carbocycles. The number of halogens is 8. The summed E-state index contributed by atoms with van der Waals surface area (Å²) in [5.74, 6) is 0. The average molecular weight is 636 g/mol. The molecule has 22 heteroatoms. The molecule has 0 heterocycles. The van der Waals surface area contributed by atoms with E-state index < -0.39 is 83.8 Å². The van der Waals surface area contributed by atoms with Crippen LogP contribution in [0.1, 0.15) is 0 Å². The van der Waals surface area contributed by atoms with Crippen molar-refractivity contribution in [2.24, 2.45) is 0 Å². The van der Waals surface area contributed by atoms with Gasteiger partial charge in [-0.25, -0.2) is 34.4 Å². The van der Waals surface area contributed by atoms with Crippen molar-refractivity contribution in [2.75, 3.05) is 0 Å². The highest BCUT2D eigenvalue weighted by molar-refractivity contribution is 8.76. The van der Waals surface area contributed by atoms with E-state index in [4.69, 9.17) is 0 Å². The lowest BCUT2D eigenvalue weighted by Gasteiger charge is -2.16. The second-order valence-electron chi connectivity index (χ2n) is 6.67. The Kier molecular flexibility index (Phi) is 8.96. The molecule has 0 saturated heterocycles. The van der Waals surface area contributed by atoms with E-state index in [2.05, 4.69) is 0 Å². The normalized spacial score (nSPS) is 13.2. The molecule has 0 aliphatic carbocycles. The van der Waals surface area contributed by atoms with Crippen molar-refractivity contribution in [3.63, 3.8) is 0 Å². The molecule has 0 radical (unpaired) electrons. The lowest BCUT2D eigenvalue weighted by Crippen LogP contribution is -2.36. The fraction of sp³-hybridized carbons (Fsp3) is 0.250. The average Bonchev–Trinajstić information content (AvgIpc) is 2.81. The number of nitrogens with zero attached hydrogens (tertiary/aromatic N) is 2. The molecule has 0 aromatic heterocycles. The largest absolute Gasteiger partial charge is 0.408 e. The van der Waals surface area contributed by atoms with Gasteiger partial charge in [0.1, 0.15) is 0 Å². The van der Waals surface area contributed by atoms with E-state index >= 15 is 0 Å². The molecule has 0 bridgehead atoms. The van der Waals surface area contributed by atoms with Crippen molar-refractivity contribution < 1.29 is 61.8 Å². The maximum absolute atomic E-state index is 13.5. The van der Waals surface area contributed by atoms with Gasteiger partial charge < -0.3 is 0 Å². The summed E-state index contributed by atoms with van der Waals surface area (Å²) in [6.07, 6.45) is -9.35. The number of sulfone groups is 2. The molecule has 0 aliphatic rings. The van der Waals surface area contributed by atoms with Crippen molar-refractivity contribution in [1.82, 2.24) is 0 Å². The minimum atomic E-state index is -6.10. The van der Waals surface area contributed by atoms with Gasteiger partial charge in [0.05, 0.1) is 29.4 Å². The lowest BCUT2D eigenvalue weighted by molar-refractivity contribution is -0.388. The fourth-order valence-corrected chi connectivity index (χ4v) is 6.77. The number of benzene rings is 2. The van der Waals surface area contributed by atoms with E-state index in [9.17, 15) is 72.2 Å². The summed E-state index contributed by atoms with van der Waals surface area (Å²) in [6, 6.07) is 1.78. The van der Waals surface area contributed by atoms with Gasteiger partial charge in [0, 0.05) is 12.1 Å². The third-order valence-corrected chi connectivity index (χ3v) is 10.3. The summed E-state index contributed by atoms with van der Waals surface area (Å²) in [6.45, 7) is 0. The first kappa shape index (κ1) is 31.5. The zero-order chi connectivity index (χ0) is 29.4. The summed E-state index contributed by atoms with van der Waals surface area (Å²) in [4.78, 5) is 15.8. The van der Waals surface area contributed by atoms with Crippen LogP contribution < -0.4 is 0 Å². The topological polar surface area (TPSA) is 155 Å². The predicted molar refractivity (Wildman–Crippen MR) is 114 cm³/mol. The van der Waals surface area contributed by atoms with Crippen LogP contribution in [0.15, 0.2) is 56.0 Å². The summed E-state index contributed by atoms with van der Waals surface area (Å²) in [7, 11) is -11.7. The van der Waals surface area contributed by atoms with Crippen LogP contribution in [-0.2, 0) is 19.7 Å². The first-order valence-electron chi connectivity index (χ1n) is 8.92. The second-order valence-corrected chi connectivity index (χ2v) is 12.9. The van der Waals surface area contributed by atoms with Gasteiger partial charge >= 0.3 is 23.4 Å². The highest BCUT2D eigenvalue weighted by Gasteiger charge is 2.56. The number of nitro benzene ring substituents is 2. The van der Waals surface area contributed by atoms with Crippen molar-refractivity contribution in [3.05, 3.63) is 56.6 Å². The van der Waals surface area contributed by atoms with E-state index in [1.807, 2.05) is 0 Å². The number of hydrogen-bond acceptors (Lipinski definition) is 10. The smallest absolute Gasteiger partial charge is 0.258 e. The first-order chi connectivity index (χ1) is 17.2. The summed E-state index contributed by atoms with van der Waals surface area (Å²) >= 11 is 0. The molecule has 0 fully saturated rings. The van der Waals surface area contributed by atoms with Crippen molar-refractivity contribution in [3.8, 4) is 0 Å². The minimum Gasteiger partial charge on any atom is -0.258 e. The van der Waals surface area contributed by atoms with E-state index in [0.29, 0.717) is 24.3 Å². The number of hydrogen-bond donors (Lipinski definition) is 0. The van der Waals surface area contributed by atoms with E-state index in [-0.39, 0.29) is 33.7 Å². The van der Waals surface area contributed by atoms with E-state index in [1.165, 1.54) is 0 Å². The van der Waals surface area contributed by atoms with Crippen LogP contribution >= 0.6 is 21.6 Å². The van der Waals surface area contributed by atoms with Gasteiger partial charge in [0.2, 0.25) is 19.7 Å². The molecule has 0 N–H and O–H groups in total. The van der Waals surface area contributed by atoms with Crippen LogP contribution in [-0.4, -0.2) is 50.0 Å². The van der Waals surface area contributed by atoms with Gasteiger partial charge in [-0.15, -0.1) is 0 Å². The van der Waals surface area contributed by atoms with Crippen LogP contribution in [0.4, 0.5) is 46.5 Å². The summed E-state index contributed by atoms with van der Waals surface area (Å²) in [5, 5.41) is 11.4. The third-order valence-electron chi connectivity index (χ3n) is 4.32. The Bertz CT molecular complexity index is 1370. The maximum atomic E-state index is 13.5. The standard InChI is InChI=1S/C16H8F8N2O8S4/c17-13(18)15(21,22)37(31,32)7-1-3-11(9(5-7)25(27)28)35-36-12-4-2-8(6-10(12)26(29)30)38(33,34)16(23,24)14(19)20/h1-6,13-14H. The monoisotopic (exact) mass is 636 g/mol. The molecule has 0 aliphatic heterocycles. The molecule has 10 nitrogen and oxygen atoms in total.